The van der Waals surface area contributed by atoms with E-state index in [-0.39, 0.29) is 17.1 Å². The second-order valence-corrected chi connectivity index (χ2v) is 6.46. The summed E-state index contributed by atoms with van der Waals surface area (Å²) in [6, 6.07) is 14.7. The van der Waals surface area contributed by atoms with Crippen LogP contribution >= 0.6 is 11.6 Å². The Morgan fingerprint density at radius 3 is 2.38 bits per heavy atom. The molecule has 4 rings (SSSR count). The van der Waals surface area contributed by atoms with Crippen LogP contribution in [0.2, 0.25) is 5.02 Å². The van der Waals surface area contributed by atoms with E-state index in [1.165, 1.54) is 6.92 Å². The maximum Gasteiger partial charge on any atom is 0.266 e. The van der Waals surface area contributed by atoms with E-state index in [1.54, 1.807) is 41.4 Å². The van der Waals surface area contributed by atoms with Crippen LogP contribution in [0.5, 0.6) is 0 Å². The van der Waals surface area contributed by atoms with E-state index >= 15 is 0 Å². The lowest BCUT2D eigenvalue weighted by Gasteiger charge is -2.26. The molecule has 1 saturated heterocycles. The zero-order chi connectivity index (χ0) is 18.4. The highest BCUT2D eigenvalue weighted by atomic mass is 35.5. The lowest BCUT2D eigenvalue weighted by molar-refractivity contribution is -0.121. The molecular formula is C19H14ClN3O3. The van der Waals surface area contributed by atoms with Crippen molar-refractivity contribution in [3.63, 3.8) is 0 Å². The standard InChI is InChI=1S/C19H14ClN3O3/c1-11(24)16-15-17(23(21-16)13-7-3-2-4-8-13)19(26)22(18(15)25)14-9-5-6-12(20)10-14/h2-10,17,21H,1H3/t17-/m0/s1. The van der Waals surface area contributed by atoms with Crippen LogP contribution < -0.4 is 15.3 Å². The Kier molecular flexibility index (Phi) is 3.77. The SMILES string of the molecule is CC(=O)C1=C2C(=O)N(c3cccc(Cl)c3)C(=O)[C@H]2N(c2ccccc2)N1. The number of imide groups is 1. The first-order chi connectivity index (χ1) is 12.5. The maximum absolute atomic E-state index is 13.1. The number of hydrogen-bond acceptors (Lipinski definition) is 5. The third-order valence-electron chi connectivity index (χ3n) is 4.37. The average molecular weight is 368 g/mol. The van der Waals surface area contributed by atoms with Gasteiger partial charge in [-0.05, 0) is 30.3 Å². The summed E-state index contributed by atoms with van der Waals surface area (Å²) in [6.07, 6.45) is 0. The Morgan fingerprint density at radius 1 is 1.04 bits per heavy atom. The monoisotopic (exact) mass is 367 g/mol. The number of halogens is 1. The van der Waals surface area contributed by atoms with Gasteiger partial charge in [-0.2, -0.15) is 0 Å². The fourth-order valence-electron chi connectivity index (χ4n) is 3.24. The van der Waals surface area contributed by atoms with Crippen LogP contribution in [-0.2, 0) is 14.4 Å². The molecule has 2 amide bonds. The molecule has 0 aliphatic carbocycles. The first kappa shape index (κ1) is 16.4. The summed E-state index contributed by atoms with van der Waals surface area (Å²) >= 11 is 6.00. The lowest BCUT2D eigenvalue weighted by Crippen LogP contribution is -2.46. The molecule has 130 valence electrons. The fraction of sp³-hybridized carbons (Fsp3) is 0.105. The van der Waals surface area contributed by atoms with E-state index < -0.39 is 17.9 Å². The minimum atomic E-state index is -0.900. The zero-order valence-electron chi connectivity index (χ0n) is 13.8. The normalized spacial score (nSPS) is 19.1. The van der Waals surface area contributed by atoms with E-state index in [9.17, 15) is 14.4 Å². The van der Waals surface area contributed by atoms with Crippen molar-refractivity contribution in [3.05, 3.63) is 70.9 Å². The molecule has 0 bridgehead atoms. The molecule has 26 heavy (non-hydrogen) atoms. The Morgan fingerprint density at radius 2 is 1.73 bits per heavy atom. The van der Waals surface area contributed by atoms with Gasteiger partial charge >= 0.3 is 0 Å². The number of carbonyl (C=O) groups excluding carboxylic acids is 3. The van der Waals surface area contributed by atoms with Gasteiger partial charge in [0.25, 0.3) is 11.8 Å². The summed E-state index contributed by atoms with van der Waals surface area (Å²) < 4.78 is 0. The van der Waals surface area contributed by atoms with Crippen molar-refractivity contribution >= 4 is 40.6 Å². The number of ketones is 1. The molecule has 1 atom stereocenters. The second-order valence-electron chi connectivity index (χ2n) is 6.02. The quantitative estimate of drug-likeness (QED) is 0.844. The number of carbonyl (C=O) groups is 3. The van der Waals surface area contributed by atoms with Crippen LogP contribution in [0.3, 0.4) is 0 Å². The van der Waals surface area contributed by atoms with Crippen LogP contribution in [0, 0.1) is 0 Å². The van der Waals surface area contributed by atoms with Gasteiger partial charge in [-0.25, -0.2) is 4.90 Å². The van der Waals surface area contributed by atoms with E-state index in [1.807, 2.05) is 18.2 Å². The Hall–Kier alpha value is -3.12. The van der Waals surface area contributed by atoms with Gasteiger partial charge in [0.15, 0.2) is 11.8 Å². The summed E-state index contributed by atoms with van der Waals surface area (Å²) in [5.74, 6) is -1.25. The number of para-hydroxylation sites is 1. The highest BCUT2D eigenvalue weighted by molar-refractivity contribution is 6.35. The highest BCUT2D eigenvalue weighted by Crippen LogP contribution is 2.37. The first-order valence-electron chi connectivity index (χ1n) is 7.99. The minimum absolute atomic E-state index is 0.140. The van der Waals surface area contributed by atoms with E-state index in [2.05, 4.69) is 5.43 Å². The summed E-state index contributed by atoms with van der Waals surface area (Å²) in [6.45, 7) is 1.36. The molecule has 0 saturated carbocycles. The van der Waals surface area contributed by atoms with Gasteiger partial charge in [0, 0.05) is 11.9 Å². The van der Waals surface area contributed by atoms with E-state index in [0.717, 1.165) is 4.90 Å². The number of amides is 2. The number of fused-ring (bicyclic) bond motifs is 1. The van der Waals surface area contributed by atoms with Gasteiger partial charge in [0.05, 0.1) is 16.9 Å². The average Bonchev–Trinajstić information content (AvgIpc) is 3.13. The van der Waals surface area contributed by atoms with E-state index in [4.69, 9.17) is 11.6 Å². The largest absolute Gasteiger partial charge is 0.293 e. The molecule has 1 N–H and O–H groups in total. The zero-order valence-corrected chi connectivity index (χ0v) is 14.5. The topological polar surface area (TPSA) is 69.7 Å². The molecule has 0 unspecified atom stereocenters. The smallest absolute Gasteiger partial charge is 0.266 e. The van der Waals surface area contributed by atoms with Gasteiger partial charge in [0.1, 0.15) is 5.70 Å². The van der Waals surface area contributed by atoms with Crippen molar-refractivity contribution in [2.24, 2.45) is 0 Å². The summed E-state index contributed by atoms with van der Waals surface area (Å²) in [5, 5.41) is 1.97. The predicted molar refractivity (Wildman–Crippen MR) is 97.5 cm³/mol. The van der Waals surface area contributed by atoms with Crippen LogP contribution in [0.15, 0.2) is 65.9 Å². The fourth-order valence-corrected chi connectivity index (χ4v) is 3.43. The number of hydrazine groups is 1. The number of hydrogen-bond donors (Lipinski definition) is 1. The molecule has 7 heteroatoms. The molecule has 0 aromatic heterocycles. The Balaban J connectivity index is 1.83. The molecule has 2 aromatic carbocycles. The molecular weight excluding hydrogens is 354 g/mol. The highest BCUT2D eigenvalue weighted by Gasteiger charge is 2.53. The summed E-state index contributed by atoms with van der Waals surface area (Å²) in [7, 11) is 0. The predicted octanol–water partition coefficient (Wildman–Crippen LogP) is 2.45. The Bertz CT molecular complexity index is 971. The summed E-state index contributed by atoms with van der Waals surface area (Å²) in [4.78, 5) is 39.2. The van der Waals surface area contributed by atoms with Crippen molar-refractivity contribution in [1.29, 1.82) is 0 Å². The number of allylic oxidation sites excluding steroid dienone is 1. The molecule has 1 fully saturated rings. The van der Waals surface area contributed by atoms with Crippen molar-refractivity contribution in [2.75, 3.05) is 9.91 Å². The van der Waals surface area contributed by atoms with Gasteiger partial charge in [0.2, 0.25) is 0 Å². The van der Waals surface area contributed by atoms with Gasteiger partial charge in [-0.1, -0.05) is 35.9 Å². The van der Waals surface area contributed by atoms with Gasteiger partial charge in [-0.3, -0.25) is 24.8 Å². The number of benzene rings is 2. The number of anilines is 2. The summed E-state index contributed by atoms with van der Waals surface area (Å²) in [5.41, 5.74) is 4.28. The Labute approximate surface area is 154 Å². The van der Waals surface area contributed by atoms with Crippen LogP contribution in [-0.4, -0.2) is 23.6 Å². The molecule has 2 aromatic rings. The minimum Gasteiger partial charge on any atom is -0.293 e. The molecule has 0 spiro atoms. The van der Waals surface area contributed by atoms with Gasteiger partial charge in [-0.15, -0.1) is 0 Å². The van der Waals surface area contributed by atoms with Crippen molar-refractivity contribution in [3.8, 4) is 0 Å². The van der Waals surface area contributed by atoms with Crippen molar-refractivity contribution in [1.82, 2.24) is 5.43 Å². The number of rotatable bonds is 3. The maximum atomic E-state index is 13.1. The van der Waals surface area contributed by atoms with Crippen molar-refractivity contribution < 1.29 is 14.4 Å². The number of Topliss-reactive ketones (excluding diaryl/α,β-unsaturated/α-hetero) is 1. The third kappa shape index (κ3) is 2.38. The molecule has 0 radical (unpaired) electrons. The molecule has 2 aliphatic heterocycles. The van der Waals surface area contributed by atoms with Crippen LogP contribution in [0.1, 0.15) is 6.92 Å². The molecule has 2 heterocycles. The van der Waals surface area contributed by atoms with Crippen molar-refractivity contribution in [2.45, 2.75) is 13.0 Å². The number of nitrogens with one attached hydrogen (secondary N) is 1. The second kappa shape index (κ2) is 6.00. The number of nitrogens with zero attached hydrogens (tertiary/aromatic N) is 2. The van der Waals surface area contributed by atoms with Crippen LogP contribution in [0.4, 0.5) is 11.4 Å². The van der Waals surface area contributed by atoms with E-state index in [0.29, 0.717) is 16.4 Å². The first-order valence-corrected chi connectivity index (χ1v) is 8.36. The molecule has 6 nitrogen and oxygen atoms in total. The third-order valence-corrected chi connectivity index (χ3v) is 4.61. The lowest BCUT2D eigenvalue weighted by atomic mass is 10.1. The van der Waals surface area contributed by atoms with Gasteiger partial charge < -0.3 is 0 Å². The molecule has 2 aliphatic rings. The van der Waals surface area contributed by atoms with Crippen LogP contribution in [0.25, 0.3) is 0 Å².